The molecule has 0 bridgehead atoms. The third kappa shape index (κ3) is 2.38. The molecule has 0 aliphatic carbocycles. The molecule has 1 N–H and O–H groups in total. The van der Waals surface area contributed by atoms with Gasteiger partial charge in [-0.05, 0) is 30.2 Å². The zero-order valence-electron chi connectivity index (χ0n) is 10.6. The van der Waals surface area contributed by atoms with E-state index in [1.807, 2.05) is 12.1 Å². The third-order valence-corrected chi connectivity index (χ3v) is 3.04. The number of aromatic carboxylic acids is 1. The molecule has 0 amide bonds. The van der Waals surface area contributed by atoms with E-state index in [1.54, 1.807) is 24.5 Å². The largest absolute Gasteiger partial charge is 0.478 e. The Balaban J connectivity index is 1.86. The minimum absolute atomic E-state index is 0.141. The molecule has 0 radical (unpaired) electrons. The molecule has 100 valence electrons. The van der Waals surface area contributed by atoms with Gasteiger partial charge in [-0.2, -0.15) is 0 Å². The van der Waals surface area contributed by atoms with E-state index in [4.69, 9.17) is 9.52 Å². The van der Waals surface area contributed by atoms with E-state index in [-0.39, 0.29) is 5.56 Å². The number of aromatic nitrogens is 2. The van der Waals surface area contributed by atoms with Crippen molar-refractivity contribution < 1.29 is 14.3 Å². The Hall–Kier alpha value is -2.69. The zero-order valence-corrected chi connectivity index (χ0v) is 10.6. The lowest BCUT2D eigenvalue weighted by molar-refractivity contribution is 0.0698. The van der Waals surface area contributed by atoms with Crippen molar-refractivity contribution in [3.63, 3.8) is 0 Å². The summed E-state index contributed by atoms with van der Waals surface area (Å²) in [6, 6.07) is 8.79. The first-order valence-corrected chi connectivity index (χ1v) is 6.24. The zero-order chi connectivity index (χ0) is 13.9. The van der Waals surface area contributed by atoms with E-state index < -0.39 is 5.97 Å². The Morgan fingerprint density at radius 1 is 1.20 bits per heavy atom. The van der Waals surface area contributed by atoms with Gasteiger partial charge in [0.1, 0.15) is 11.1 Å². The summed E-state index contributed by atoms with van der Waals surface area (Å²) in [6.45, 7) is 0. The average Bonchev–Trinajstić information content (AvgIpc) is 2.88. The molecule has 0 saturated heterocycles. The lowest BCUT2D eigenvalue weighted by atomic mass is 10.1. The summed E-state index contributed by atoms with van der Waals surface area (Å²) in [6.07, 6.45) is 4.88. The SMILES string of the molecule is O=C(O)c1cccc2nc(CCc3cccnc3)oc12. The fourth-order valence-corrected chi connectivity index (χ4v) is 2.07. The quantitative estimate of drug-likeness (QED) is 0.787. The maximum Gasteiger partial charge on any atom is 0.339 e. The highest BCUT2D eigenvalue weighted by Gasteiger charge is 2.14. The Bertz CT molecular complexity index is 750. The number of carboxylic acid groups (broad SMARTS) is 1. The molecule has 5 nitrogen and oxygen atoms in total. The number of carbonyl (C=O) groups is 1. The molecular weight excluding hydrogens is 256 g/mol. The molecular formula is C15H12N2O3. The number of nitrogens with zero attached hydrogens (tertiary/aromatic N) is 2. The number of benzene rings is 1. The summed E-state index contributed by atoms with van der Waals surface area (Å²) in [5, 5.41) is 9.10. The fourth-order valence-electron chi connectivity index (χ4n) is 2.07. The van der Waals surface area contributed by atoms with Gasteiger partial charge in [-0.15, -0.1) is 0 Å². The number of fused-ring (bicyclic) bond motifs is 1. The van der Waals surface area contributed by atoms with E-state index in [1.165, 1.54) is 6.07 Å². The second kappa shape index (κ2) is 5.13. The van der Waals surface area contributed by atoms with Gasteiger partial charge in [-0.1, -0.05) is 12.1 Å². The van der Waals surface area contributed by atoms with Gasteiger partial charge >= 0.3 is 5.97 Å². The maximum atomic E-state index is 11.1. The number of para-hydroxylation sites is 1. The summed E-state index contributed by atoms with van der Waals surface area (Å²) in [5.41, 5.74) is 2.14. The van der Waals surface area contributed by atoms with Crippen LogP contribution in [0.2, 0.25) is 0 Å². The van der Waals surface area contributed by atoms with Crippen LogP contribution in [0.5, 0.6) is 0 Å². The number of aryl methyl sites for hydroxylation is 2. The Morgan fingerprint density at radius 2 is 2.10 bits per heavy atom. The van der Waals surface area contributed by atoms with Crippen LogP contribution >= 0.6 is 0 Å². The Labute approximate surface area is 114 Å². The van der Waals surface area contributed by atoms with Crippen molar-refractivity contribution >= 4 is 17.1 Å². The van der Waals surface area contributed by atoms with Gasteiger partial charge in [0.05, 0.1) is 0 Å². The molecule has 3 rings (SSSR count). The second-order valence-electron chi connectivity index (χ2n) is 4.43. The van der Waals surface area contributed by atoms with Crippen molar-refractivity contribution in [1.82, 2.24) is 9.97 Å². The van der Waals surface area contributed by atoms with E-state index in [0.29, 0.717) is 23.4 Å². The summed E-state index contributed by atoms with van der Waals surface area (Å²) in [7, 11) is 0. The molecule has 2 heterocycles. The topological polar surface area (TPSA) is 76.2 Å². The predicted octanol–water partition coefficient (Wildman–Crippen LogP) is 2.71. The van der Waals surface area contributed by atoms with Gasteiger partial charge in [0, 0.05) is 18.8 Å². The summed E-state index contributed by atoms with van der Waals surface area (Å²) >= 11 is 0. The molecule has 0 unspecified atom stereocenters. The minimum atomic E-state index is -1.01. The standard InChI is InChI=1S/C15H12N2O3/c18-15(19)11-4-1-5-12-14(11)20-13(17-12)7-6-10-3-2-8-16-9-10/h1-5,8-9H,6-7H2,(H,18,19). The number of carboxylic acids is 1. The van der Waals surface area contributed by atoms with Crippen LogP contribution in [0, 0.1) is 0 Å². The van der Waals surface area contributed by atoms with E-state index in [2.05, 4.69) is 9.97 Å². The lowest BCUT2D eigenvalue weighted by Gasteiger charge is -1.96. The highest BCUT2D eigenvalue weighted by molar-refractivity contribution is 5.99. The molecule has 0 aliphatic rings. The molecule has 0 saturated carbocycles. The van der Waals surface area contributed by atoms with E-state index in [0.717, 1.165) is 12.0 Å². The van der Waals surface area contributed by atoms with Crippen LogP contribution in [0.15, 0.2) is 47.1 Å². The fraction of sp³-hybridized carbons (Fsp3) is 0.133. The molecule has 0 fully saturated rings. The van der Waals surface area contributed by atoms with Gasteiger partial charge in [-0.3, -0.25) is 4.98 Å². The summed E-state index contributed by atoms with van der Waals surface area (Å²) in [5.74, 6) is -0.469. The predicted molar refractivity (Wildman–Crippen MR) is 72.6 cm³/mol. The molecule has 2 aromatic heterocycles. The van der Waals surface area contributed by atoms with Gasteiger partial charge < -0.3 is 9.52 Å². The third-order valence-electron chi connectivity index (χ3n) is 3.04. The highest BCUT2D eigenvalue weighted by atomic mass is 16.4. The van der Waals surface area contributed by atoms with Crippen molar-refractivity contribution in [2.24, 2.45) is 0 Å². The lowest BCUT2D eigenvalue weighted by Crippen LogP contribution is -1.95. The molecule has 1 aromatic carbocycles. The highest BCUT2D eigenvalue weighted by Crippen LogP contribution is 2.21. The van der Waals surface area contributed by atoms with Crippen molar-refractivity contribution in [1.29, 1.82) is 0 Å². The monoisotopic (exact) mass is 268 g/mol. The summed E-state index contributed by atoms with van der Waals surface area (Å²) < 4.78 is 5.57. The minimum Gasteiger partial charge on any atom is -0.478 e. The van der Waals surface area contributed by atoms with Crippen molar-refractivity contribution in [3.8, 4) is 0 Å². The summed E-state index contributed by atoms with van der Waals surface area (Å²) in [4.78, 5) is 19.5. The number of pyridine rings is 1. The van der Waals surface area contributed by atoms with E-state index >= 15 is 0 Å². The van der Waals surface area contributed by atoms with Crippen molar-refractivity contribution in [2.75, 3.05) is 0 Å². The number of oxazole rings is 1. The van der Waals surface area contributed by atoms with Crippen LogP contribution in [-0.4, -0.2) is 21.0 Å². The van der Waals surface area contributed by atoms with Gasteiger partial charge in [-0.25, -0.2) is 9.78 Å². The Morgan fingerprint density at radius 3 is 2.85 bits per heavy atom. The van der Waals surface area contributed by atoms with E-state index in [9.17, 15) is 4.79 Å². The first kappa shape index (κ1) is 12.3. The Kier molecular flexibility index (Phi) is 3.16. The van der Waals surface area contributed by atoms with Crippen molar-refractivity contribution in [2.45, 2.75) is 12.8 Å². The van der Waals surface area contributed by atoms with Crippen LogP contribution < -0.4 is 0 Å². The normalized spacial score (nSPS) is 10.8. The number of rotatable bonds is 4. The second-order valence-corrected chi connectivity index (χ2v) is 4.43. The first-order chi connectivity index (χ1) is 9.74. The van der Waals surface area contributed by atoms with Gasteiger partial charge in [0.2, 0.25) is 0 Å². The van der Waals surface area contributed by atoms with Crippen LogP contribution in [0.25, 0.3) is 11.1 Å². The molecule has 20 heavy (non-hydrogen) atoms. The van der Waals surface area contributed by atoms with Crippen LogP contribution in [0.4, 0.5) is 0 Å². The van der Waals surface area contributed by atoms with Crippen LogP contribution in [-0.2, 0) is 12.8 Å². The van der Waals surface area contributed by atoms with Gasteiger partial charge in [0.15, 0.2) is 11.5 Å². The average molecular weight is 268 g/mol. The van der Waals surface area contributed by atoms with Gasteiger partial charge in [0.25, 0.3) is 0 Å². The molecule has 0 aliphatic heterocycles. The number of hydrogen-bond acceptors (Lipinski definition) is 4. The molecule has 0 atom stereocenters. The smallest absolute Gasteiger partial charge is 0.339 e. The van der Waals surface area contributed by atoms with Crippen LogP contribution in [0.1, 0.15) is 21.8 Å². The maximum absolute atomic E-state index is 11.1. The number of hydrogen-bond donors (Lipinski definition) is 1. The molecule has 3 aromatic rings. The van der Waals surface area contributed by atoms with Crippen LogP contribution in [0.3, 0.4) is 0 Å². The molecule has 0 spiro atoms. The first-order valence-electron chi connectivity index (χ1n) is 6.24. The van der Waals surface area contributed by atoms with Crippen molar-refractivity contribution in [3.05, 3.63) is 59.7 Å². The molecule has 5 heteroatoms.